The number of carbonyl (C=O) groups excluding carboxylic acids is 1. The maximum absolute atomic E-state index is 11.9. The lowest BCUT2D eigenvalue weighted by Crippen LogP contribution is -2.37. The van der Waals surface area contributed by atoms with Gasteiger partial charge in [-0.15, -0.1) is 0 Å². The fourth-order valence-corrected chi connectivity index (χ4v) is 2.83. The van der Waals surface area contributed by atoms with Gasteiger partial charge >= 0.3 is 0 Å². The molecular formula is C12H16N2O2. The van der Waals surface area contributed by atoms with E-state index in [1.807, 2.05) is 6.07 Å². The Morgan fingerprint density at radius 1 is 1.56 bits per heavy atom. The summed E-state index contributed by atoms with van der Waals surface area (Å²) in [6, 6.07) is 2.86. The normalized spacial score (nSPS) is 31.9. The van der Waals surface area contributed by atoms with Crippen LogP contribution in [0.2, 0.25) is 0 Å². The van der Waals surface area contributed by atoms with Gasteiger partial charge in [-0.2, -0.15) is 0 Å². The van der Waals surface area contributed by atoms with Crippen LogP contribution >= 0.6 is 0 Å². The Hall–Kier alpha value is -1.29. The van der Waals surface area contributed by atoms with Crippen LogP contribution in [0.3, 0.4) is 0 Å². The molecule has 4 nitrogen and oxygen atoms in total. The molecule has 0 saturated carbocycles. The van der Waals surface area contributed by atoms with Crippen molar-refractivity contribution >= 4 is 5.91 Å². The van der Waals surface area contributed by atoms with Crippen molar-refractivity contribution in [1.29, 1.82) is 0 Å². The highest BCUT2D eigenvalue weighted by molar-refractivity contribution is 5.80. The van der Waals surface area contributed by atoms with Crippen LogP contribution in [0.25, 0.3) is 0 Å². The second-order valence-electron chi connectivity index (χ2n) is 4.74. The first-order valence-electron chi connectivity index (χ1n) is 5.88. The number of hydrogen-bond acceptors (Lipinski definition) is 3. The number of rotatable bonds is 3. The minimum Gasteiger partial charge on any atom is -0.472 e. The zero-order valence-electron chi connectivity index (χ0n) is 9.11. The number of fused-ring (bicyclic) bond motifs is 2. The molecule has 3 heterocycles. The molecule has 4 heteroatoms. The molecule has 2 N–H and O–H groups in total. The van der Waals surface area contributed by atoms with Crippen LogP contribution in [-0.4, -0.2) is 18.0 Å². The van der Waals surface area contributed by atoms with Crippen molar-refractivity contribution in [2.24, 2.45) is 5.92 Å². The Labute approximate surface area is 94.4 Å². The number of hydrogen-bond donors (Lipinski definition) is 2. The first-order valence-corrected chi connectivity index (χ1v) is 5.88. The van der Waals surface area contributed by atoms with Gasteiger partial charge in [0.2, 0.25) is 5.91 Å². The van der Waals surface area contributed by atoms with Crippen LogP contribution < -0.4 is 10.6 Å². The van der Waals surface area contributed by atoms with Crippen molar-refractivity contribution in [3.8, 4) is 0 Å². The van der Waals surface area contributed by atoms with Gasteiger partial charge < -0.3 is 15.1 Å². The van der Waals surface area contributed by atoms with Gasteiger partial charge in [0.1, 0.15) is 0 Å². The molecule has 86 valence electrons. The van der Waals surface area contributed by atoms with Gasteiger partial charge in [0.05, 0.1) is 18.4 Å². The number of amides is 1. The van der Waals surface area contributed by atoms with Crippen LogP contribution in [0.4, 0.5) is 0 Å². The van der Waals surface area contributed by atoms with E-state index in [4.69, 9.17) is 4.42 Å². The summed E-state index contributed by atoms with van der Waals surface area (Å²) >= 11 is 0. The third-order valence-electron chi connectivity index (χ3n) is 3.68. The highest BCUT2D eigenvalue weighted by atomic mass is 16.3. The Morgan fingerprint density at radius 3 is 3.12 bits per heavy atom. The summed E-state index contributed by atoms with van der Waals surface area (Å²) in [5.41, 5.74) is 1.02. The molecule has 2 bridgehead atoms. The summed E-state index contributed by atoms with van der Waals surface area (Å²) in [7, 11) is 0. The fraction of sp³-hybridized carbons (Fsp3) is 0.583. The molecule has 2 saturated heterocycles. The minimum absolute atomic E-state index is 0.172. The molecule has 3 rings (SSSR count). The highest BCUT2D eigenvalue weighted by Gasteiger charge is 2.42. The summed E-state index contributed by atoms with van der Waals surface area (Å²) in [6.45, 7) is 0.573. The average molecular weight is 220 g/mol. The maximum Gasteiger partial charge on any atom is 0.225 e. The lowest BCUT2D eigenvalue weighted by Gasteiger charge is -2.19. The highest BCUT2D eigenvalue weighted by Crippen LogP contribution is 2.33. The van der Waals surface area contributed by atoms with Crippen molar-refractivity contribution in [2.45, 2.75) is 37.9 Å². The van der Waals surface area contributed by atoms with Crippen LogP contribution in [0.15, 0.2) is 23.0 Å². The number of furan rings is 1. The lowest BCUT2D eigenvalue weighted by atomic mass is 9.88. The first-order chi connectivity index (χ1) is 7.83. The second-order valence-corrected chi connectivity index (χ2v) is 4.74. The molecule has 1 aromatic rings. The third kappa shape index (κ3) is 1.73. The molecule has 1 aromatic heterocycles. The summed E-state index contributed by atoms with van der Waals surface area (Å²) in [5.74, 6) is 0.353. The minimum atomic E-state index is 0.172. The lowest BCUT2D eigenvalue weighted by molar-refractivity contribution is -0.125. The summed E-state index contributed by atoms with van der Waals surface area (Å²) < 4.78 is 4.96. The van der Waals surface area contributed by atoms with Crippen LogP contribution in [0.1, 0.15) is 24.8 Å². The van der Waals surface area contributed by atoms with Gasteiger partial charge in [0, 0.05) is 24.2 Å². The van der Waals surface area contributed by atoms with Gasteiger partial charge in [0.15, 0.2) is 0 Å². The van der Waals surface area contributed by atoms with Gasteiger partial charge in [-0.1, -0.05) is 0 Å². The van der Waals surface area contributed by atoms with Gasteiger partial charge in [-0.3, -0.25) is 4.79 Å². The van der Waals surface area contributed by atoms with E-state index in [0.717, 1.165) is 18.4 Å². The largest absolute Gasteiger partial charge is 0.472 e. The van der Waals surface area contributed by atoms with Crippen LogP contribution in [0, 0.1) is 5.92 Å². The summed E-state index contributed by atoms with van der Waals surface area (Å²) in [4.78, 5) is 11.9. The van der Waals surface area contributed by atoms with E-state index in [1.54, 1.807) is 12.5 Å². The molecule has 0 spiro atoms. The Kier molecular flexibility index (Phi) is 2.44. The molecule has 2 aliphatic heterocycles. The molecule has 3 atom stereocenters. The third-order valence-corrected chi connectivity index (χ3v) is 3.68. The number of carbonyl (C=O) groups is 1. The zero-order valence-corrected chi connectivity index (χ0v) is 9.11. The summed E-state index contributed by atoms with van der Waals surface area (Å²) in [5, 5.41) is 6.45. The maximum atomic E-state index is 11.9. The zero-order chi connectivity index (χ0) is 11.0. The SMILES string of the molecule is O=C(NCc1ccoc1)C1CC2CCC1N2. The molecule has 16 heavy (non-hydrogen) atoms. The van der Waals surface area contributed by atoms with Crippen molar-refractivity contribution < 1.29 is 9.21 Å². The molecule has 2 aliphatic rings. The predicted octanol–water partition coefficient (Wildman–Crippen LogP) is 1.04. The van der Waals surface area contributed by atoms with E-state index in [-0.39, 0.29) is 11.8 Å². The molecule has 3 unspecified atom stereocenters. The molecule has 0 aromatic carbocycles. The Bertz CT molecular complexity index is 374. The molecule has 0 aliphatic carbocycles. The molecule has 1 amide bonds. The second kappa shape index (κ2) is 3.94. The first kappa shape index (κ1) is 9.90. The standard InChI is InChI=1S/C12H16N2O2/c15-12(13-6-8-3-4-16-7-8)10-5-9-1-2-11(10)14-9/h3-4,7,9-11,14H,1-2,5-6H2,(H,13,15). The predicted molar refractivity (Wildman–Crippen MR) is 58.6 cm³/mol. The van der Waals surface area contributed by atoms with E-state index < -0.39 is 0 Å². The van der Waals surface area contributed by atoms with E-state index in [2.05, 4.69) is 10.6 Å². The van der Waals surface area contributed by atoms with E-state index in [0.29, 0.717) is 18.6 Å². The Balaban J connectivity index is 1.54. The van der Waals surface area contributed by atoms with E-state index in [1.165, 1.54) is 6.42 Å². The van der Waals surface area contributed by atoms with Gasteiger partial charge in [-0.25, -0.2) is 0 Å². The Morgan fingerprint density at radius 2 is 2.50 bits per heavy atom. The monoisotopic (exact) mass is 220 g/mol. The summed E-state index contributed by atoms with van der Waals surface area (Å²) in [6.07, 6.45) is 6.67. The fourth-order valence-electron chi connectivity index (χ4n) is 2.83. The quantitative estimate of drug-likeness (QED) is 0.800. The van der Waals surface area contributed by atoms with E-state index in [9.17, 15) is 4.79 Å². The number of nitrogens with one attached hydrogen (secondary N) is 2. The van der Waals surface area contributed by atoms with Crippen molar-refractivity contribution in [1.82, 2.24) is 10.6 Å². The van der Waals surface area contributed by atoms with Gasteiger partial charge in [0.25, 0.3) is 0 Å². The van der Waals surface area contributed by atoms with Crippen molar-refractivity contribution in [3.05, 3.63) is 24.2 Å². The molecule has 2 fully saturated rings. The average Bonchev–Trinajstić information content (AvgIpc) is 3.01. The van der Waals surface area contributed by atoms with Crippen LogP contribution in [0.5, 0.6) is 0 Å². The van der Waals surface area contributed by atoms with Crippen molar-refractivity contribution in [2.75, 3.05) is 0 Å². The van der Waals surface area contributed by atoms with Crippen LogP contribution in [-0.2, 0) is 11.3 Å². The molecular weight excluding hydrogens is 204 g/mol. The van der Waals surface area contributed by atoms with E-state index >= 15 is 0 Å². The topological polar surface area (TPSA) is 54.3 Å². The smallest absolute Gasteiger partial charge is 0.225 e. The van der Waals surface area contributed by atoms with Crippen molar-refractivity contribution in [3.63, 3.8) is 0 Å². The molecule has 0 radical (unpaired) electrons. The van der Waals surface area contributed by atoms with Gasteiger partial charge in [-0.05, 0) is 25.3 Å².